The molecule has 30 heavy (non-hydrogen) atoms. The minimum Gasteiger partial charge on any atom is -0.327 e. The van der Waals surface area contributed by atoms with Gasteiger partial charge in [-0.25, -0.2) is 0 Å². The van der Waals surface area contributed by atoms with Gasteiger partial charge in [0.25, 0.3) is 5.97 Å². The second kappa shape index (κ2) is 18.2. The van der Waals surface area contributed by atoms with Crippen molar-refractivity contribution in [3.05, 3.63) is 11.6 Å². The van der Waals surface area contributed by atoms with E-state index >= 15 is 0 Å². The van der Waals surface area contributed by atoms with Crippen LogP contribution in [0.3, 0.4) is 0 Å². The van der Waals surface area contributed by atoms with E-state index in [1.165, 1.54) is 82.6 Å². The monoisotopic (exact) mass is 424 g/mol. The highest BCUT2D eigenvalue weighted by molar-refractivity contribution is 5.11. The molecule has 3 heteroatoms. The van der Waals surface area contributed by atoms with Crippen LogP contribution >= 0.6 is 0 Å². The fraction of sp³-hybridized carbons (Fsp3) is 0.926. The Morgan fingerprint density at radius 3 is 1.87 bits per heavy atom. The summed E-state index contributed by atoms with van der Waals surface area (Å²) in [5, 5.41) is 0. The Hall–Kier alpha value is -0.380. The van der Waals surface area contributed by atoms with Crippen LogP contribution in [0.4, 0.5) is 0 Å². The van der Waals surface area contributed by atoms with Crippen LogP contribution in [0.2, 0.25) is 0 Å². The van der Waals surface area contributed by atoms with E-state index in [2.05, 4.69) is 33.8 Å². The SMILES string of the molecule is CCCCCCCCC(C1=CCCCCCC1)C(OCCC)(OCCC)OCCC. The molecule has 178 valence electrons. The fourth-order valence-electron chi connectivity index (χ4n) is 4.41. The summed E-state index contributed by atoms with van der Waals surface area (Å²) in [6, 6.07) is 0. The van der Waals surface area contributed by atoms with Crippen LogP contribution in [-0.4, -0.2) is 25.8 Å². The minimum absolute atomic E-state index is 0.214. The number of hydrogen-bond acceptors (Lipinski definition) is 3. The molecule has 0 N–H and O–H groups in total. The summed E-state index contributed by atoms with van der Waals surface area (Å²) in [6.45, 7) is 10.9. The first-order valence-corrected chi connectivity index (χ1v) is 13.3. The molecule has 0 radical (unpaired) electrons. The zero-order chi connectivity index (χ0) is 21.9. The molecular weight excluding hydrogens is 372 g/mol. The molecule has 0 saturated carbocycles. The average molecular weight is 425 g/mol. The topological polar surface area (TPSA) is 27.7 Å². The molecule has 1 aliphatic rings. The van der Waals surface area contributed by atoms with Crippen LogP contribution in [0.1, 0.15) is 130 Å². The molecule has 0 heterocycles. The van der Waals surface area contributed by atoms with Crippen molar-refractivity contribution >= 4 is 0 Å². The lowest BCUT2D eigenvalue weighted by atomic mass is 9.84. The van der Waals surface area contributed by atoms with Crippen LogP contribution in [0.25, 0.3) is 0 Å². The van der Waals surface area contributed by atoms with Crippen molar-refractivity contribution in [1.29, 1.82) is 0 Å². The largest absolute Gasteiger partial charge is 0.327 e. The van der Waals surface area contributed by atoms with Gasteiger partial charge in [0.15, 0.2) is 0 Å². The average Bonchev–Trinajstić information content (AvgIpc) is 2.74. The van der Waals surface area contributed by atoms with Crippen LogP contribution < -0.4 is 0 Å². The Kier molecular flexibility index (Phi) is 16.8. The summed E-state index contributed by atoms with van der Waals surface area (Å²) in [4.78, 5) is 0. The minimum atomic E-state index is -0.906. The molecule has 1 aliphatic carbocycles. The van der Waals surface area contributed by atoms with Gasteiger partial charge in [-0.1, -0.05) is 90.7 Å². The fourth-order valence-corrected chi connectivity index (χ4v) is 4.41. The van der Waals surface area contributed by atoms with E-state index in [-0.39, 0.29) is 5.92 Å². The van der Waals surface area contributed by atoms with E-state index in [4.69, 9.17) is 14.2 Å². The molecule has 0 spiro atoms. The summed E-state index contributed by atoms with van der Waals surface area (Å²) in [5.74, 6) is -0.692. The molecule has 0 aromatic carbocycles. The van der Waals surface area contributed by atoms with Crippen molar-refractivity contribution in [2.75, 3.05) is 19.8 Å². The predicted octanol–water partition coefficient (Wildman–Crippen LogP) is 8.57. The predicted molar refractivity (Wildman–Crippen MR) is 129 cm³/mol. The third-order valence-corrected chi connectivity index (χ3v) is 6.07. The normalized spacial score (nSPS) is 16.7. The highest BCUT2D eigenvalue weighted by Crippen LogP contribution is 2.39. The maximum absolute atomic E-state index is 6.48. The number of rotatable bonds is 18. The zero-order valence-electron chi connectivity index (χ0n) is 20.8. The van der Waals surface area contributed by atoms with E-state index in [0.29, 0.717) is 19.8 Å². The van der Waals surface area contributed by atoms with E-state index in [1.807, 2.05) is 0 Å². The second-order valence-corrected chi connectivity index (χ2v) is 8.99. The highest BCUT2D eigenvalue weighted by Gasteiger charge is 2.44. The van der Waals surface area contributed by atoms with Crippen LogP contribution in [0.5, 0.6) is 0 Å². The number of hydrogen-bond donors (Lipinski definition) is 0. The van der Waals surface area contributed by atoms with Crippen molar-refractivity contribution < 1.29 is 14.2 Å². The van der Waals surface area contributed by atoms with Crippen molar-refractivity contribution in [2.45, 2.75) is 136 Å². The Bertz CT molecular complexity index is 397. The molecule has 3 nitrogen and oxygen atoms in total. The molecule has 1 unspecified atom stereocenters. The lowest BCUT2D eigenvalue weighted by Gasteiger charge is -2.41. The Balaban J connectivity index is 3.06. The molecule has 0 aromatic heterocycles. The van der Waals surface area contributed by atoms with E-state index in [0.717, 1.165) is 25.7 Å². The summed E-state index contributed by atoms with van der Waals surface area (Å²) >= 11 is 0. The van der Waals surface area contributed by atoms with E-state index < -0.39 is 5.97 Å². The summed E-state index contributed by atoms with van der Waals surface area (Å²) < 4.78 is 19.4. The van der Waals surface area contributed by atoms with Gasteiger partial charge in [0.05, 0.1) is 25.7 Å². The van der Waals surface area contributed by atoms with Gasteiger partial charge in [-0.05, 0) is 51.4 Å². The van der Waals surface area contributed by atoms with Crippen molar-refractivity contribution in [3.63, 3.8) is 0 Å². The smallest absolute Gasteiger partial charge is 0.289 e. The molecular formula is C27H52O3. The zero-order valence-corrected chi connectivity index (χ0v) is 20.8. The molecule has 0 bridgehead atoms. The molecule has 0 aromatic rings. The van der Waals surface area contributed by atoms with Gasteiger partial charge in [-0.15, -0.1) is 0 Å². The molecule has 1 rings (SSSR count). The van der Waals surface area contributed by atoms with E-state index in [9.17, 15) is 0 Å². The highest BCUT2D eigenvalue weighted by atomic mass is 16.9. The third-order valence-electron chi connectivity index (χ3n) is 6.07. The summed E-state index contributed by atoms with van der Waals surface area (Å²) in [7, 11) is 0. The van der Waals surface area contributed by atoms with E-state index in [1.54, 1.807) is 0 Å². The molecule has 0 aliphatic heterocycles. The van der Waals surface area contributed by atoms with Gasteiger partial charge in [-0.3, -0.25) is 0 Å². The van der Waals surface area contributed by atoms with Crippen molar-refractivity contribution in [3.8, 4) is 0 Å². The molecule has 0 fully saturated rings. The number of ether oxygens (including phenoxy) is 3. The first-order valence-electron chi connectivity index (χ1n) is 13.3. The standard InChI is InChI=1S/C27H52O3/c1-5-9-10-11-15-18-21-26(25-19-16-13-12-14-17-20-25)27(28-22-6-2,29-23-7-3)30-24-8-4/h19,26H,5-18,20-24H2,1-4H3. The lowest BCUT2D eigenvalue weighted by molar-refractivity contribution is -0.401. The number of unbranched alkanes of at least 4 members (excludes halogenated alkanes) is 5. The maximum atomic E-state index is 6.48. The first-order chi connectivity index (χ1) is 14.7. The Labute approximate surface area is 188 Å². The van der Waals surface area contributed by atoms with Gasteiger partial charge < -0.3 is 14.2 Å². The van der Waals surface area contributed by atoms with Gasteiger partial charge in [0.2, 0.25) is 0 Å². The second-order valence-electron chi connectivity index (χ2n) is 8.99. The third kappa shape index (κ3) is 10.8. The Morgan fingerprint density at radius 1 is 0.700 bits per heavy atom. The quantitative estimate of drug-likeness (QED) is 0.125. The summed E-state index contributed by atoms with van der Waals surface area (Å²) in [6.07, 6.45) is 22.1. The van der Waals surface area contributed by atoms with Gasteiger partial charge in [0.1, 0.15) is 0 Å². The number of allylic oxidation sites excluding steroid dienone is 1. The Morgan fingerprint density at radius 2 is 1.27 bits per heavy atom. The van der Waals surface area contributed by atoms with Gasteiger partial charge in [-0.2, -0.15) is 0 Å². The van der Waals surface area contributed by atoms with Gasteiger partial charge in [0, 0.05) is 0 Å². The lowest BCUT2D eigenvalue weighted by Crippen LogP contribution is -2.48. The molecule has 0 saturated heterocycles. The van der Waals surface area contributed by atoms with Crippen LogP contribution in [0.15, 0.2) is 11.6 Å². The van der Waals surface area contributed by atoms with Crippen molar-refractivity contribution in [1.82, 2.24) is 0 Å². The van der Waals surface area contributed by atoms with Crippen LogP contribution in [0, 0.1) is 5.92 Å². The van der Waals surface area contributed by atoms with Gasteiger partial charge >= 0.3 is 0 Å². The molecule has 1 atom stereocenters. The summed E-state index contributed by atoms with van der Waals surface area (Å²) in [5.41, 5.74) is 1.53. The maximum Gasteiger partial charge on any atom is 0.289 e. The van der Waals surface area contributed by atoms with Crippen LogP contribution in [-0.2, 0) is 14.2 Å². The molecule has 0 amide bonds. The van der Waals surface area contributed by atoms with Crippen molar-refractivity contribution in [2.24, 2.45) is 5.92 Å². The first kappa shape index (κ1) is 27.7.